The summed E-state index contributed by atoms with van der Waals surface area (Å²) in [5, 5.41) is 3.35. The Labute approximate surface area is 116 Å². The molecule has 1 saturated carbocycles. The molecule has 0 aromatic carbocycles. The van der Waals surface area contributed by atoms with Gasteiger partial charge < -0.3 is 11.1 Å². The molecule has 0 bridgehead atoms. The first-order valence-corrected chi connectivity index (χ1v) is 7.41. The average Bonchev–Trinajstić information content (AvgIpc) is 2.40. The van der Waals surface area contributed by atoms with E-state index in [0.717, 1.165) is 6.42 Å². The van der Waals surface area contributed by atoms with Crippen molar-refractivity contribution in [1.29, 1.82) is 0 Å². The van der Waals surface area contributed by atoms with Crippen molar-refractivity contribution in [2.24, 2.45) is 5.73 Å². The third kappa shape index (κ3) is 4.16. The van der Waals surface area contributed by atoms with Gasteiger partial charge in [-0.1, -0.05) is 19.3 Å². The molecule has 106 valence electrons. The van der Waals surface area contributed by atoms with Gasteiger partial charge in [-0.05, 0) is 51.1 Å². The Hall–Kier alpha value is -1.16. The van der Waals surface area contributed by atoms with Crippen LogP contribution in [-0.2, 0) is 0 Å². The highest BCUT2D eigenvalue weighted by atomic mass is 15.1. The van der Waals surface area contributed by atoms with Crippen molar-refractivity contribution in [2.45, 2.75) is 63.8 Å². The van der Waals surface area contributed by atoms with Crippen molar-refractivity contribution in [2.75, 3.05) is 11.9 Å². The zero-order chi connectivity index (χ0) is 13.7. The molecule has 0 radical (unpaired) electrons. The molecule has 0 atom stereocenters. The second-order valence-corrected chi connectivity index (χ2v) is 6.22. The fourth-order valence-electron chi connectivity index (χ4n) is 2.78. The first-order chi connectivity index (χ1) is 9.11. The zero-order valence-electron chi connectivity index (χ0n) is 12.2. The van der Waals surface area contributed by atoms with Gasteiger partial charge in [0.25, 0.3) is 0 Å². The molecule has 0 amide bonds. The van der Waals surface area contributed by atoms with E-state index in [-0.39, 0.29) is 5.54 Å². The van der Waals surface area contributed by atoms with E-state index in [9.17, 15) is 0 Å². The largest absolute Gasteiger partial charge is 0.349 e. The molecule has 0 unspecified atom stereocenters. The SMILES string of the molecule is CC(C)(CCN)Nc1ncc(C2CCCCC2)cn1. The summed E-state index contributed by atoms with van der Waals surface area (Å²) < 4.78 is 0. The Morgan fingerprint density at radius 1 is 1.21 bits per heavy atom. The van der Waals surface area contributed by atoms with Crippen molar-refractivity contribution in [3.05, 3.63) is 18.0 Å². The molecule has 3 N–H and O–H groups in total. The maximum atomic E-state index is 5.61. The van der Waals surface area contributed by atoms with Gasteiger partial charge in [-0.15, -0.1) is 0 Å². The molecule has 4 nitrogen and oxygen atoms in total. The molecule has 1 aliphatic rings. The van der Waals surface area contributed by atoms with Crippen molar-refractivity contribution in [1.82, 2.24) is 9.97 Å². The minimum absolute atomic E-state index is 0.0545. The van der Waals surface area contributed by atoms with Crippen LogP contribution in [0.4, 0.5) is 5.95 Å². The van der Waals surface area contributed by atoms with Gasteiger partial charge in [-0.25, -0.2) is 9.97 Å². The Kier molecular flexibility index (Phi) is 4.75. The fraction of sp³-hybridized carbons (Fsp3) is 0.733. The van der Waals surface area contributed by atoms with E-state index >= 15 is 0 Å². The molecular formula is C15H26N4. The van der Waals surface area contributed by atoms with E-state index < -0.39 is 0 Å². The molecule has 1 aromatic heterocycles. The van der Waals surface area contributed by atoms with E-state index in [2.05, 4.69) is 29.1 Å². The molecule has 1 aromatic rings. The smallest absolute Gasteiger partial charge is 0.223 e. The molecule has 0 aliphatic heterocycles. The number of aromatic nitrogens is 2. The summed E-state index contributed by atoms with van der Waals surface area (Å²) >= 11 is 0. The van der Waals surface area contributed by atoms with E-state index in [1.165, 1.54) is 37.7 Å². The lowest BCUT2D eigenvalue weighted by atomic mass is 9.85. The van der Waals surface area contributed by atoms with Gasteiger partial charge in [0.05, 0.1) is 0 Å². The highest BCUT2D eigenvalue weighted by molar-refractivity contribution is 5.29. The number of hydrogen-bond donors (Lipinski definition) is 2. The summed E-state index contributed by atoms with van der Waals surface area (Å²) in [6, 6.07) is 0. The fourth-order valence-corrected chi connectivity index (χ4v) is 2.78. The van der Waals surface area contributed by atoms with Crippen LogP contribution in [0.1, 0.15) is 63.9 Å². The van der Waals surface area contributed by atoms with Gasteiger partial charge >= 0.3 is 0 Å². The van der Waals surface area contributed by atoms with Crippen LogP contribution >= 0.6 is 0 Å². The Morgan fingerprint density at radius 2 is 1.84 bits per heavy atom. The molecule has 1 fully saturated rings. The molecule has 2 rings (SSSR count). The molecular weight excluding hydrogens is 236 g/mol. The van der Waals surface area contributed by atoms with Crippen molar-refractivity contribution in [3.8, 4) is 0 Å². The number of nitrogens with zero attached hydrogens (tertiary/aromatic N) is 2. The van der Waals surface area contributed by atoms with Crippen molar-refractivity contribution in [3.63, 3.8) is 0 Å². The molecule has 19 heavy (non-hydrogen) atoms. The highest BCUT2D eigenvalue weighted by Gasteiger charge is 2.19. The monoisotopic (exact) mass is 262 g/mol. The lowest BCUT2D eigenvalue weighted by Crippen LogP contribution is -2.34. The van der Waals surface area contributed by atoms with E-state index in [1.54, 1.807) is 0 Å². The third-order valence-electron chi connectivity index (χ3n) is 3.97. The lowest BCUT2D eigenvalue weighted by molar-refractivity contribution is 0.442. The average molecular weight is 262 g/mol. The zero-order valence-corrected chi connectivity index (χ0v) is 12.2. The number of rotatable bonds is 5. The maximum absolute atomic E-state index is 5.61. The Balaban J connectivity index is 1.97. The summed E-state index contributed by atoms with van der Waals surface area (Å²) in [5.41, 5.74) is 6.85. The topological polar surface area (TPSA) is 63.8 Å². The minimum Gasteiger partial charge on any atom is -0.349 e. The number of anilines is 1. The first-order valence-electron chi connectivity index (χ1n) is 7.41. The number of hydrogen-bond acceptors (Lipinski definition) is 4. The van der Waals surface area contributed by atoms with Crippen LogP contribution in [0.15, 0.2) is 12.4 Å². The van der Waals surface area contributed by atoms with Gasteiger partial charge in [-0.2, -0.15) is 0 Å². The summed E-state index contributed by atoms with van der Waals surface area (Å²) in [7, 11) is 0. The van der Waals surface area contributed by atoms with Crippen molar-refractivity contribution < 1.29 is 0 Å². The minimum atomic E-state index is -0.0545. The predicted octanol–water partition coefficient (Wildman–Crippen LogP) is 3.06. The highest BCUT2D eigenvalue weighted by Crippen LogP contribution is 2.32. The van der Waals surface area contributed by atoms with Crippen molar-refractivity contribution >= 4 is 5.95 Å². The van der Waals surface area contributed by atoms with Crippen LogP contribution in [0.2, 0.25) is 0 Å². The molecule has 1 aliphatic carbocycles. The lowest BCUT2D eigenvalue weighted by Gasteiger charge is -2.26. The van der Waals surface area contributed by atoms with E-state index in [1.807, 2.05) is 12.4 Å². The second kappa shape index (κ2) is 6.33. The quantitative estimate of drug-likeness (QED) is 0.856. The van der Waals surface area contributed by atoms with Gasteiger partial charge in [0.2, 0.25) is 5.95 Å². The van der Waals surface area contributed by atoms with Crippen LogP contribution in [0.25, 0.3) is 0 Å². The Bertz CT molecular complexity index is 380. The first kappa shape index (κ1) is 14.3. The van der Waals surface area contributed by atoms with Gasteiger partial charge in [0.1, 0.15) is 0 Å². The summed E-state index contributed by atoms with van der Waals surface area (Å²) in [6.45, 7) is 4.91. The van der Waals surface area contributed by atoms with Gasteiger partial charge in [0.15, 0.2) is 0 Å². The molecule has 1 heterocycles. The standard InChI is InChI=1S/C15H26N4/c1-15(2,8-9-16)19-14-17-10-13(11-18-14)12-6-4-3-5-7-12/h10-12H,3-9,16H2,1-2H3,(H,17,18,19). The summed E-state index contributed by atoms with van der Waals surface area (Å²) in [6.07, 6.45) is 11.5. The number of nitrogens with two attached hydrogens (primary N) is 1. The predicted molar refractivity (Wildman–Crippen MR) is 79.2 cm³/mol. The summed E-state index contributed by atoms with van der Waals surface area (Å²) in [5.74, 6) is 1.37. The second-order valence-electron chi connectivity index (χ2n) is 6.22. The normalized spacial score (nSPS) is 17.4. The number of nitrogens with one attached hydrogen (secondary N) is 1. The van der Waals surface area contributed by atoms with Gasteiger partial charge in [-0.3, -0.25) is 0 Å². The maximum Gasteiger partial charge on any atom is 0.223 e. The van der Waals surface area contributed by atoms with Crippen LogP contribution in [-0.4, -0.2) is 22.1 Å². The van der Waals surface area contributed by atoms with Crippen LogP contribution in [0.3, 0.4) is 0 Å². The molecule has 0 saturated heterocycles. The van der Waals surface area contributed by atoms with Gasteiger partial charge in [0, 0.05) is 17.9 Å². The third-order valence-corrected chi connectivity index (χ3v) is 3.97. The Morgan fingerprint density at radius 3 is 2.42 bits per heavy atom. The summed E-state index contributed by atoms with van der Waals surface area (Å²) in [4.78, 5) is 8.92. The molecule has 4 heteroatoms. The van der Waals surface area contributed by atoms with Crippen LogP contribution < -0.4 is 11.1 Å². The van der Waals surface area contributed by atoms with E-state index in [4.69, 9.17) is 5.73 Å². The molecule has 0 spiro atoms. The van der Waals surface area contributed by atoms with E-state index in [0.29, 0.717) is 18.4 Å². The van der Waals surface area contributed by atoms with Crippen LogP contribution in [0.5, 0.6) is 0 Å². The van der Waals surface area contributed by atoms with Crippen LogP contribution in [0, 0.1) is 0 Å².